The summed E-state index contributed by atoms with van der Waals surface area (Å²) in [5, 5.41) is 7.49. The second-order valence-corrected chi connectivity index (χ2v) is 22.9. The maximum atomic E-state index is 12.8. The molecule has 0 aliphatic rings. The maximum absolute atomic E-state index is 12.8. The van der Waals surface area contributed by atoms with Crippen LogP contribution >= 0.6 is 68.8 Å². The average Bonchev–Trinajstić information content (AvgIpc) is 4.01. The number of ketones is 3. The number of aromatic amines is 1. The van der Waals surface area contributed by atoms with Gasteiger partial charge in [-0.15, -0.1) is 22.7 Å². The number of aryl methyl sites for hydroxylation is 3. The van der Waals surface area contributed by atoms with Gasteiger partial charge in [-0.2, -0.15) is 4.98 Å². The molecule has 0 saturated carbocycles. The van der Waals surface area contributed by atoms with E-state index in [1.807, 2.05) is 34.6 Å². The summed E-state index contributed by atoms with van der Waals surface area (Å²) in [5.41, 5.74) is 9.72. The van der Waals surface area contributed by atoms with Gasteiger partial charge in [0.15, 0.2) is 27.9 Å². The fourth-order valence-electron chi connectivity index (χ4n) is 7.22. The number of ether oxygens (including phenoxy) is 4. The van der Waals surface area contributed by atoms with Crippen molar-refractivity contribution in [3.05, 3.63) is 115 Å². The van der Waals surface area contributed by atoms with Crippen molar-refractivity contribution >= 4 is 114 Å². The number of H-pyrrole nitrogens is 1. The van der Waals surface area contributed by atoms with Gasteiger partial charge in [-0.25, -0.2) is 9.97 Å². The Hall–Kier alpha value is -4.89. The first-order chi connectivity index (χ1) is 35.3. The van der Waals surface area contributed by atoms with Gasteiger partial charge in [0.1, 0.15) is 38.7 Å². The molecule has 15 nitrogen and oxygen atoms in total. The van der Waals surface area contributed by atoms with E-state index in [0.717, 1.165) is 48.3 Å². The predicted molar refractivity (Wildman–Crippen MR) is 315 cm³/mol. The number of hydrogen-bond acceptors (Lipinski definition) is 17. The molecule has 7 rings (SSSR count). The predicted octanol–water partition coefficient (Wildman–Crippen LogP) is 11.5. The Balaban J connectivity index is 0.000000535. The van der Waals surface area contributed by atoms with Gasteiger partial charge in [-0.1, -0.05) is 81.3 Å². The Labute approximate surface area is 501 Å². The summed E-state index contributed by atoms with van der Waals surface area (Å²) in [6, 6.07) is 11.9. The first-order valence-electron chi connectivity index (χ1n) is 23.5. The molecule has 0 unspecified atom stereocenters. The van der Waals surface area contributed by atoms with E-state index < -0.39 is 0 Å². The van der Waals surface area contributed by atoms with Gasteiger partial charge in [-0.05, 0) is 102 Å². The number of Topliss-reactive ketones (excluding diaryl/α,β-unsaturated/α-hetero) is 3. The van der Waals surface area contributed by atoms with Gasteiger partial charge in [0.25, 0.3) is 6.47 Å². The van der Waals surface area contributed by atoms with Crippen LogP contribution in [0.2, 0.25) is 15.1 Å². The largest absolute Gasteiger partial charge is 1.00 e. The summed E-state index contributed by atoms with van der Waals surface area (Å²) in [4.78, 5) is 77.7. The van der Waals surface area contributed by atoms with E-state index in [9.17, 15) is 24.0 Å². The van der Waals surface area contributed by atoms with E-state index >= 15 is 0 Å². The zero-order chi connectivity index (χ0) is 56.0. The molecule has 412 valence electrons. The van der Waals surface area contributed by atoms with E-state index in [4.69, 9.17) is 59.7 Å². The second kappa shape index (κ2) is 31.6. The average molecular weight is 1180 g/mol. The van der Waals surface area contributed by atoms with Crippen LogP contribution in [0.5, 0.6) is 23.1 Å². The summed E-state index contributed by atoms with van der Waals surface area (Å²) in [6.45, 7) is 21.7. The Bertz CT molecular complexity index is 3230. The number of hydrogen-bond donors (Lipinski definition) is 3. The maximum Gasteiger partial charge on any atom is 1.00 e. The normalized spacial score (nSPS) is 10.5. The number of nitrogens with one attached hydrogen (secondary N) is 2. The third-order valence-corrected chi connectivity index (χ3v) is 14.8. The summed E-state index contributed by atoms with van der Waals surface area (Å²) in [5.74, 6) is 2.49. The zero-order valence-electron chi connectivity index (χ0n) is 46.4. The number of benzene rings is 3. The summed E-state index contributed by atoms with van der Waals surface area (Å²) in [6.07, 6.45) is 1.80. The minimum Gasteiger partial charge on any atom is -1.00 e. The van der Waals surface area contributed by atoms with Crippen molar-refractivity contribution in [3.8, 4) is 34.5 Å². The van der Waals surface area contributed by atoms with Crippen LogP contribution in [-0.4, -0.2) is 71.1 Å². The number of carbonyl (C=O) groups is 4. The molecule has 4 heterocycles. The first-order valence-corrected chi connectivity index (χ1v) is 27.1. The number of halogens is 3. The van der Waals surface area contributed by atoms with E-state index in [2.05, 4.69) is 52.7 Å². The molecule has 4 aromatic heterocycles. The number of methoxy groups -OCH3 is 3. The molecule has 77 heavy (non-hydrogen) atoms. The minimum absolute atomic E-state index is 0. The summed E-state index contributed by atoms with van der Waals surface area (Å²) in [7, 11) is 4.55. The number of nitrogen functional groups attached to an aromatic ring is 1. The Morgan fingerprint density at radius 2 is 1.26 bits per heavy atom. The number of carbonyl (C=O) groups excluding carboxylic acids is 4. The number of aromatic nitrogens is 4. The third-order valence-electron chi connectivity index (χ3n) is 10.7. The molecule has 0 bridgehead atoms. The molecule has 22 heteroatoms. The molecule has 3 aromatic carbocycles. The SMILES string of the molecule is C.COc1ccc(C(C)=O)c(CC(=O)c2nc(CC(C)C)sc2C)c1Cl.COc1ccc(C(C)=O)c(N)c1Cl.COc1ccc2c(=O)cc(-c3nc(CC(C)C)sc3C)[nH]c2c1Cl.Cc1sc(NC(C)C)nc1OC=O.[H-].[Na+]. The number of fused-ring (bicyclic) bond motifs is 1. The molecular weight excluding hydrogens is 1110 g/mol. The van der Waals surface area contributed by atoms with Crippen molar-refractivity contribution in [3.63, 3.8) is 0 Å². The van der Waals surface area contributed by atoms with Crippen LogP contribution in [0.4, 0.5) is 10.8 Å². The molecule has 0 atom stereocenters. The number of rotatable bonds is 17. The summed E-state index contributed by atoms with van der Waals surface area (Å²) < 4.78 is 20.1. The van der Waals surface area contributed by atoms with Crippen LogP contribution in [0.25, 0.3) is 22.3 Å². The summed E-state index contributed by atoms with van der Waals surface area (Å²) >= 11 is 23.3. The number of thiazole rings is 3. The molecule has 0 radical (unpaired) electrons. The number of nitrogens with zero attached hydrogens (tertiary/aromatic N) is 3. The fourth-order valence-corrected chi connectivity index (χ4v) is 11.3. The van der Waals surface area contributed by atoms with Gasteiger partial charge in [-0.3, -0.25) is 24.0 Å². The third kappa shape index (κ3) is 18.6. The number of anilines is 2. The van der Waals surface area contributed by atoms with Crippen LogP contribution in [-0.2, 0) is 24.1 Å². The zero-order valence-corrected chi connectivity index (χ0v) is 52.1. The van der Waals surface area contributed by atoms with Crippen LogP contribution in [0.1, 0.15) is 126 Å². The van der Waals surface area contributed by atoms with Crippen LogP contribution in [0.15, 0.2) is 47.3 Å². The minimum atomic E-state index is -0.138. The molecule has 4 N–H and O–H groups in total. The van der Waals surface area contributed by atoms with Crippen molar-refractivity contribution in [2.24, 2.45) is 11.8 Å². The van der Waals surface area contributed by atoms with E-state index in [1.165, 1.54) is 39.4 Å². The standard InChI is InChI=1S/C19H22ClNO3S.C18H19ClN2O2S.C9H10ClNO2.C8H12N2O2S.CH4.Na.H/c1-10(2)8-17-21-19(12(4)25-17)15(23)9-14-13(11(3)22)6-7-16(24-5)18(14)20;1-9(2)7-15-21-17(10(3)24-15)12-8-13(22)11-5-6-14(23-4)16(19)18(11)20-12;1-5(12)6-3-4-7(13-2)8(10)9(6)11;1-5(2)9-8-10-7(12-4-11)6(3)13-8;;;/h6-7,10H,8-9H2,1-5H3;5-6,8-9H,7H2,1-4H3,(H,20,22);3-4H,11H2,1-2H3;4-5H,1-3H3,(H,9,10);1H4;;/q;;;;;+1;-1. The van der Waals surface area contributed by atoms with E-state index in [-0.39, 0.29) is 78.3 Å². The smallest absolute Gasteiger partial charge is 1.00 e. The monoisotopic (exact) mass is 1180 g/mol. The van der Waals surface area contributed by atoms with Gasteiger partial charge in [0.2, 0.25) is 5.88 Å². The fraction of sp³-hybridized carbons (Fsp3) is 0.382. The molecule has 0 fully saturated rings. The Morgan fingerprint density at radius 3 is 1.79 bits per heavy atom. The molecule has 0 amide bonds. The Morgan fingerprint density at radius 1 is 0.740 bits per heavy atom. The van der Waals surface area contributed by atoms with Crippen molar-refractivity contribution in [1.29, 1.82) is 0 Å². The van der Waals surface area contributed by atoms with Crippen molar-refractivity contribution in [2.75, 3.05) is 32.4 Å². The van der Waals surface area contributed by atoms with Gasteiger partial charge >= 0.3 is 29.6 Å². The van der Waals surface area contributed by atoms with Gasteiger partial charge in [0, 0.05) is 57.6 Å². The molecule has 0 aliphatic heterocycles. The molecule has 0 saturated heterocycles. The number of nitrogens with two attached hydrogens (primary N) is 1. The van der Waals surface area contributed by atoms with Crippen molar-refractivity contribution in [2.45, 2.75) is 109 Å². The van der Waals surface area contributed by atoms with Crippen LogP contribution < -0.4 is 65.0 Å². The van der Waals surface area contributed by atoms with E-state index in [1.54, 1.807) is 72.2 Å². The first kappa shape index (κ1) is 68.2. The number of pyridine rings is 1. The molecular formula is C55H68Cl3N6NaO9S3. The second-order valence-electron chi connectivity index (χ2n) is 18.0. The van der Waals surface area contributed by atoms with Crippen LogP contribution in [0.3, 0.4) is 0 Å². The molecule has 0 spiro atoms. The quantitative estimate of drug-likeness (QED) is 0.0335. The molecule has 7 aromatic rings. The van der Waals surface area contributed by atoms with Crippen LogP contribution in [0, 0.1) is 32.6 Å². The van der Waals surface area contributed by atoms with Gasteiger partial charge in [0.05, 0.1) is 58.1 Å². The van der Waals surface area contributed by atoms with Crippen molar-refractivity contribution < 1.29 is 69.1 Å². The Kier molecular flexibility index (Phi) is 28.0. The topological polar surface area (TPSA) is 215 Å². The van der Waals surface area contributed by atoms with Crippen molar-refractivity contribution in [1.82, 2.24) is 19.9 Å². The van der Waals surface area contributed by atoms with E-state index in [0.29, 0.717) is 96.5 Å². The van der Waals surface area contributed by atoms with Gasteiger partial charge < -0.3 is 36.4 Å². The molecule has 0 aliphatic carbocycles.